The lowest BCUT2D eigenvalue weighted by atomic mass is 10.1. The molecule has 0 atom stereocenters. The summed E-state index contributed by atoms with van der Waals surface area (Å²) in [6, 6.07) is 4.72. The summed E-state index contributed by atoms with van der Waals surface area (Å²) in [5.41, 5.74) is -1.35. The van der Waals surface area contributed by atoms with Gasteiger partial charge >= 0.3 is 6.18 Å². The van der Waals surface area contributed by atoms with Gasteiger partial charge in [-0.2, -0.15) is 13.2 Å². The zero-order chi connectivity index (χ0) is 16.9. The molecule has 0 unspecified atom stereocenters. The van der Waals surface area contributed by atoms with Gasteiger partial charge in [0.15, 0.2) is 0 Å². The van der Waals surface area contributed by atoms with Gasteiger partial charge in [0.05, 0.1) is 23.6 Å². The van der Waals surface area contributed by atoms with Crippen LogP contribution in [0.25, 0.3) is 0 Å². The van der Waals surface area contributed by atoms with Crippen molar-refractivity contribution in [3.05, 3.63) is 60.6 Å². The van der Waals surface area contributed by atoms with Crippen molar-refractivity contribution in [2.45, 2.75) is 6.18 Å². The molecule has 1 amide bonds. The van der Waals surface area contributed by atoms with E-state index in [2.05, 4.69) is 27.2 Å². The molecule has 2 rings (SSSR count). The lowest BCUT2D eigenvalue weighted by Crippen LogP contribution is -2.18. The maximum absolute atomic E-state index is 12.9. The summed E-state index contributed by atoms with van der Waals surface area (Å²) < 4.78 is 38.6. The number of amides is 1. The predicted octanol–water partition coefficient (Wildman–Crippen LogP) is 3.35. The van der Waals surface area contributed by atoms with Gasteiger partial charge in [0.1, 0.15) is 11.5 Å². The average molecular weight is 322 g/mol. The van der Waals surface area contributed by atoms with E-state index in [1.807, 2.05) is 0 Å². The second-order valence-electron chi connectivity index (χ2n) is 4.45. The first kappa shape index (κ1) is 16.5. The molecule has 0 saturated carbocycles. The molecular weight excluding hydrogens is 309 g/mol. The molecule has 2 aromatic rings. The molecule has 0 spiro atoms. The molecule has 2 N–H and O–H groups in total. The maximum Gasteiger partial charge on any atom is 0.418 e. The summed E-state index contributed by atoms with van der Waals surface area (Å²) in [6.45, 7) is 4.00. The molecule has 1 aromatic heterocycles. The molecule has 8 heteroatoms. The monoisotopic (exact) mass is 322 g/mol. The number of benzene rings is 1. The first-order chi connectivity index (χ1) is 10.9. The van der Waals surface area contributed by atoms with Gasteiger partial charge in [-0.25, -0.2) is 9.97 Å². The smallest absolute Gasteiger partial charge is 0.365 e. The SMILES string of the molecule is C=CCNc1cnc(C(=O)Nc2ccccc2C(F)(F)F)cn1. The van der Waals surface area contributed by atoms with Crippen molar-refractivity contribution in [1.82, 2.24) is 9.97 Å². The Balaban J connectivity index is 2.15. The number of anilines is 2. The number of hydrogen-bond acceptors (Lipinski definition) is 4. The number of aromatic nitrogens is 2. The fraction of sp³-hybridized carbons (Fsp3) is 0.133. The van der Waals surface area contributed by atoms with Crippen molar-refractivity contribution in [2.24, 2.45) is 0 Å². The zero-order valence-electron chi connectivity index (χ0n) is 11.9. The van der Waals surface area contributed by atoms with Crippen LogP contribution in [0, 0.1) is 0 Å². The average Bonchev–Trinajstić information content (AvgIpc) is 2.53. The fourth-order valence-corrected chi connectivity index (χ4v) is 1.74. The number of carbonyl (C=O) groups excluding carboxylic acids is 1. The van der Waals surface area contributed by atoms with Gasteiger partial charge in [-0.1, -0.05) is 18.2 Å². The van der Waals surface area contributed by atoms with Crippen LogP contribution in [0.4, 0.5) is 24.7 Å². The van der Waals surface area contributed by atoms with Crippen LogP contribution in [0.15, 0.2) is 49.3 Å². The molecular formula is C15H13F3N4O. The number of carbonyl (C=O) groups is 1. The van der Waals surface area contributed by atoms with Crippen molar-refractivity contribution < 1.29 is 18.0 Å². The number of halogens is 3. The second kappa shape index (κ2) is 6.91. The molecule has 0 saturated heterocycles. The van der Waals surface area contributed by atoms with Gasteiger partial charge in [0.25, 0.3) is 5.91 Å². The Morgan fingerprint density at radius 3 is 2.57 bits per heavy atom. The van der Waals surface area contributed by atoms with E-state index < -0.39 is 17.6 Å². The van der Waals surface area contributed by atoms with Crippen molar-refractivity contribution in [2.75, 3.05) is 17.2 Å². The van der Waals surface area contributed by atoms with Crippen molar-refractivity contribution in [3.63, 3.8) is 0 Å². The Labute approximate surface area is 130 Å². The summed E-state index contributed by atoms with van der Waals surface area (Å²) in [6.07, 6.45) is -0.449. The molecule has 0 aliphatic carbocycles. The van der Waals surface area contributed by atoms with E-state index in [1.165, 1.54) is 30.6 Å². The standard InChI is InChI=1S/C15H13F3N4O/c1-2-7-19-13-9-20-12(8-21-13)14(23)22-11-6-4-3-5-10(11)15(16,17)18/h2-6,8-9H,1,7H2,(H,19,21)(H,22,23). The predicted molar refractivity (Wildman–Crippen MR) is 80.1 cm³/mol. The fourth-order valence-electron chi connectivity index (χ4n) is 1.74. The van der Waals surface area contributed by atoms with Crippen LogP contribution in [-0.4, -0.2) is 22.4 Å². The van der Waals surface area contributed by atoms with Gasteiger partial charge in [0.2, 0.25) is 0 Å². The summed E-state index contributed by atoms with van der Waals surface area (Å²) in [5.74, 6) is -0.346. The van der Waals surface area contributed by atoms with E-state index in [0.717, 1.165) is 6.07 Å². The van der Waals surface area contributed by atoms with Crippen LogP contribution in [0.1, 0.15) is 16.1 Å². The number of hydrogen-bond donors (Lipinski definition) is 2. The summed E-state index contributed by atoms with van der Waals surface area (Å²) in [7, 11) is 0. The van der Waals surface area contributed by atoms with Gasteiger partial charge in [-0.15, -0.1) is 6.58 Å². The molecule has 1 heterocycles. The Bertz CT molecular complexity index is 699. The quantitative estimate of drug-likeness (QED) is 0.829. The molecule has 0 aliphatic heterocycles. The van der Waals surface area contributed by atoms with E-state index >= 15 is 0 Å². The highest BCUT2D eigenvalue weighted by molar-refractivity contribution is 6.03. The lowest BCUT2D eigenvalue weighted by molar-refractivity contribution is -0.136. The zero-order valence-corrected chi connectivity index (χ0v) is 11.9. The second-order valence-corrected chi connectivity index (χ2v) is 4.45. The van der Waals surface area contributed by atoms with Crippen LogP contribution in [0.2, 0.25) is 0 Å². The van der Waals surface area contributed by atoms with Crippen molar-refractivity contribution >= 4 is 17.4 Å². The highest BCUT2D eigenvalue weighted by Gasteiger charge is 2.33. The van der Waals surface area contributed by atoms with Gasteiger partial charge in [-0.3, -0.25) is 4.79 Å². The first-order valence-corrected chi connectivity index (χ1v) is 6.56. The van der Waals surface area contributed by atoms with Crippen LogP contribution in [0.3, 0.4) is 0 Å². The minimum atomic E-state index is -4.56. The highest BCUT2D eigenvalue weighted by atomic mass is 19.4. The lowest BCUT2D eigenvalue weighted by Gasteiger charge is -2.13. The van der Waals surface area contributed by atoms with Crippen molar-refractivity contribution in [1.29, 1.82) is 0 Å². The minimum Gasteiger partial charge on any atom is -0.365 e. The number of para-hydroxylation sites is 1. The normalized spacial score (nSPS) is 10.9. The van der Waals surface area contributed by atoms with Gasteiger partial charge < -0.3 is 10.6 Å². The summed E-state index contributed by atoms with van der Waals surface area (Å²) in [5, 5.41) is 5.07. The molecule has 0 radical (unpaired) electrons. The molecule has 0 bridgehead atoms. The topological polar surface area (TPSA) is 66.9 Å². The molecule has 23 heavy (non-hydrogen) atoms. The third kappa shape index (κ3) is 4.29. The summed E-state index contributed by atoms with van der Waals surface area (Å²) in [4.78, 5) is 19.8. The van der Waals surface area contributed by atoms with Gasteiger partial charge in [0, 0.05) is 6.54 Å². The number of nitrogens with zero attached hydrogens (tertiary/aromatic N) is 2. The van der Waals surface area contributed by atoms with Crippen LogP contribution in [0.5, 0.6) is 0 Å². The van der Waals surface area contributed by atoms with E-state index in [4.69, 9.17) is 0 Å². The Morgan fingerprint density at radius 2 is 1.96 bits per heavy atom. The molecule has 5 nitrogen and oxygen atoms in total. The van der Waals surface area contributed by atoms with E-state index in [1.54, 1.807) is 6.08 Å². The van der Waals surface area contributed by atoms with Crippen LogP contribution in [-0.2, 0) is 6.18 Å². The number of rotatable bonds is 5. The highest BCUT2D eigenvalue weighted by Crippen LogP contribution is 2.34. The number of nitrogens with one attached hydrogen (secondary N) is 2. The third-order valence-corrected chi connectivity index (χ3v) is 2.79. The van der Waals surface area contributed by atoms with E-state index in [0.29, 0.717) is 12.4 Å². The maximum atomic E-state index is 12.9. The Hall–Kier alpha value is -2.90. The minimum absolute atomic E-state index is 0.0915. The summed E-state index contributed by atoms with van der Waals surface area (Å²) >= 11 is 0. The van der Waals surface area contributed by atoms with Gasteiger partial charge in [-0.05, 0) is 12.1 Å². The number of alkyl halides is 3. The van der Waals surface area contributed by atoms with Crippen LogP contribution >= 0.6 is 0 Å². The van der Waals surface area contributed by atoms with Crippen LogP contribution < -0.4 is 10.6 Å². The van der Waals surface area contributed by atoms with E-state index in [-0.39, 0.29) is 11.4 Å². The Morgan fingerprint density at radius 1 is 1.22 bits per heavy atom. The van der Waals surface area contributed by atoms with E-state index in [9.17, 15) is 18.0 Å². The molecule has 0 aliphatic rings. The largest absolute Gasteiger partial charge is 0.418 e. The molecule has 1 aromatic carbocycles. The Kier molecular flexibility index (Phi) is 4.95. The molecule has 0 fully saturated rings. The van der Waals surface area contributed by atoms with Crippen molar-refractivity contribution in [3.8, 4) is 0 Å². The third-order valence-electron chi connectivity index (χ3n) is 2.79. The first-order valence-electron chi connectivity index (χ1n) is 6.56. The molecule has 120 valence electrons.